The third-order valence-electron chi connectivity index (χ3n) is 2.77. The molecule has 1 saturated heterocycles. The molecular weight excluding hydrogens is 208 g/mol. The number of hydrogen-bond acceptors (Lipinski definition) is 5. The number of nitrogen functional groups attached to an aromatic ring is 1. The van der Waals surface area contributed by atoms with Crippen molar-refractivity contribution in [1.82, 2.24) is 15.0 Å². The van der Waals surface area contributed by atoms with Gasteiger partial charge in [0.05, 0.1) is 6.54 Å². The monoisotopic (exact) mass is 224 g/mol. The van der Waals surface area contributed by atoms with Crippen molar-refractivity contribution in [3.63, 3.8) is 0 Å². The van der Waals surface area contributed by atoms with Crippen molar-refractivity contribution < 1.29 is 9.32 Å². The first kappa shape index (κ1) is 10.9. The van der Waals surface area contributed by atoms with Gasteiger partial charge in [-0.15, -0.1) is 0 Å². The molecule has 0 aromatic carbocycles. The molecule has 0 aliphatic carbocycles. The van der Waals surface area contributed by atoms with Gasteiger partial charge in [0.2, 0.25) is 5.91 Å². The highest BCUT2D eigenvalue weighted by atomic mass is 16.5. The number of anilines is 1. The predicted octanol–water partition coefficient (Wildman–Crippen LogP) is -0.0791. The zero-order valence-corrected chi connectivity index (χ0v) is 9.35. The van der Waals surface area contributed by atoms with Crippen molar-refractivity contribution in [3.8, 4) is 0 Å². The maximum atomic E-state index is 11.1. The summed E-state index contributed by atoms with van der Waals surface area (Å²) in [6.07, 6.45) is 0. The summed E-state index contributed by atoms with van der Waals surface area (Å²) in [5.41, 5.74) is 5.47. The van der Waals surface area contributed by atoms with Crippen LogP contribution >= 0.6 is 0 Å². The SMILES string of the molecule is CC(=O)N1CCN(Cc2cc(N)no2)CC1. The highest BCUT2D eigenvalue weighted by Gasteiger charge is 2.19. The number of piperazine rings is 1. The van der Waals surface area contributed by atoms with Gasteiger partial charge < -0.3 is 15.2 Å². The third-order valence-corrected chi connectivity index (χ3v) is 2.77. The smallest absolute Gasteiger partial charge is 0.219 e. The zero-order chi connectivity index (χ0) is 11.5. The van der Waals surface area contributed by atoms with Crippen LogP contribution in [-0.2, 0) is 11.3 Å². The summed E-state index contributed by atoms with van der Waals surface area (Å²) in [7, 11) is 0. The molecule has 0 unspecified atom stereocenters. The van der Waals surface area contributed by atoms with Crippen LogP contribution < -0.4 is 5.73 Å². The molecule has 2 rings (SSSR count). The highest BCUT2D eigenvalue weighted by molar-refractivity contribution is 5.73. The van der Waals surface area contributed by atoms with Crippen molar-refractivity contribution in [3.05, 3.63) is 11.8 Å². The Bertz CT molecular complexity index is 369. The highest BCUT2D eigenvalue weighted by Crippen LogP contribution is 2.10. The van der Waals surface area contributed by atoms with Crippen molar-refractivity contribution in [1.29, 1.82) is 0 Å². The van der Waals surface area contributed by atoms with Gasteiger partial charge in [-0.3, -0.25) is 9.69 Å². The van der Waals surface area contributed by atoms with E-state index in [1.165, 1.54) is 0 Å². The Kier molecular flexibility index (Phi) is 3.09. The molecule has 88 valence electrons. The van der Waals surface area contributed by atoms with E-state index in [2.05, 4.69) is 10.1 Å². The fourth-order valence-electron chi connectivity index (χ4n) is 1.84. The molecule has 1 aromatic heterocycles. The Balaban J connectivity index is 1.83. The van der Waals surface area contributed by atoms with E-state index >= 15 is 0 Å². The molecule has 1 aliphatic heterocycles. The molecule has 0 spiro atoms. The third kappa shape index (κ3) is 2.52. The lowest BCUT2D eigenvalue weighted by Crippen LogP contribution is -2.47. The van der Waals surface area contributed by atoms with Crippen molar-refractivity contribution in [2.45, 2.75) is 13.5 Å². The molecule has 1 fully saturated rings. The molecule has 2 heterocycles. The van der Waals surface area contributed by atoms with E-state index in [9.17, 15) is 4.79 Å². The molecular formula is C10H16N4O2. The molecule has 0 atom stereocenters. The van der Waals surface area contributed by atoms with Crippen molar-refractivity contribution >= 4 is 11.7 Å². The maximum Gasteiger partial charge on any atom is 0.219 e. The Hall–Kier alpha value is -1.56. The van der Waals surface area contributed by atoms with Gasteiger partial charge in [0.25, 0.3) is 0 Å². The van der Waals surface area contributed by atoms with Gasteiger partial charge in [0.15, 0.2) is 11.6 Å². The summed E-state index contributed by atoms with van der Waals surface area (Å²) >= 11 is 0. The Morgan fingerprint density at radius 2 is 2.19 bits per heavy atom. The lowest BCUT2D eigenvalue weighted by atomic mass is 10.3. The summed E-state index contributed by atoms with van der Waals surface area (Å²) < 4.78 is 5.04. The number of carbonyl (C=O) groups is 1. The second kappa shape index (κ2) is 4.52. The summed E-state index contributed by atoms with van der Waals surface area (Å²) in [6.45, 7) is 5.58. The van der Waals surface area contributed by atoms with Crippen LogP contribution in [0.15, 0.2) is 10.6 Å². The van der Waals surface area contributed by atoms with Crippen LogP contribution in [0.4, 0.5) is 5.82 Å². The van der Waals surface area contributed by atoms with E-state index in [0.717, 1.165) is 31.9 Å². The molecule has 6 nitrogen and oxygen atoms in total. The Morgan fingerprint density at radius 1 is 1.50 bits per heavy atom. The van der Waals surface area contributed by atoms with E-state index in [1.807, 2.05) is 4.90 Å². The first-order chi connectivity index (χ1) is 7.65. The zero-order valence-electron chi connectivity index (χ0n) is 9.35. The summed E-state index contributed by atoms with van der Waals surface area (Å²) in [5.74, 6) is 1.33. The standard InChI is InChI=1S/C10H16N4O2/c1-8(15)14-4-2-13(3-5-14)7-9-6-10(11)12-16-9/h6H,2-5,7H2,1H3,(H2,11,12). The number of rotatable bonds is 2. The lowest BCUT2D eigenvalue weighted by molar-refractivity contribution is -0.130. The van der Waals surface area contributed by atoms with Gasteiger partial charge in [-0.05, 0) is 0 Å². The quantitative estimate of drug-likeness (QED) is 0.760. The summed E-state index contributed by atoms with van der Waals surface area (Å²) in [5, 5.41) is 3.64. The van der Waals surface area contributed by atoms with Crippen LogP contribution in [0, 0.1) is 0 Å². The van der Waals surface area contributed by atoms with Crippen LogP contribution in [-0.4, -0.2) is 47.0 Å². The van der Waals surface area contributed by atoms with Gasteiger partial charge in [0.1, 0.15) is 0 Å². The van der Waals surface area contributed by atoms with E-state index < -0.39 is 0 Å². The maximum absolute atomic E-state index is 11.1. The van der Waals surface area contributed by atoms with Gasteiger partial charge in [-0.2, -0.15) is 0 Å². The van der Waals surface area contributed by atoms with Crippen LogP contribution in [0.5, 0.6) is 0 Å². The predicted molar refractivity (Wildman–Crippen MR) is 58.4 cm³/mol. The number of amides is 1. The second-order valence-corrected chi connectivity index (χ2v) is 4.00. The van der Waals surface area contributed by atoms with Crippen LogP contribution in [0.2, 0.25) is 0 Å². The number of carbonyl (C=O) groups excluding carboxylic acids is 1. The molecule has 16 heavy (non-hydrogen) atoms. The molecule has 1 aliphatic rings. The molecule has 0 radical (unpaired) electrons. The number of aromatic nitrogens is 1. The van der Waals surface area contributed by atoms with Gasteiger partial charge in [0, 0.05) is 39.2 Å². The van der Waals surface area contributed by atoms with E-state index in [0.29, 0.717) is 12.4 Å². The van der Waals surface area contributed by atoms with Crippen LogP contribution in [0.25, 0.3) is 0 Å². The normalized spacial score (nSPS) is 17.7. The topological polar surface area (TPSA) is 75.6 Å². The van der Waals surface area contributed by atoms with Crippen LogP contribution in [0.3, 0.4) is 0 Å². The average molecular weight is 224 g/mol. The fraction of sp³-hybridized carbons (Fsp3) is 0.600. The minimum Gasteiger partial charge on any atom is -0.381 e. The number of hydrogen-bond donors (Lipinski definition) is 1. The first-order valence-electron chi connectivity index (χ1n) is 5.34. The van der Waals surface area contributed by atoms with E-state index in [-0.39, 0.29) is 5.91 Å². The first-order valence-corrected chi connectivity index (χ1v) is 5.34. The lowest BCUT2D eigenvalue weighted by Gasteiger charge is -2.33. The molecule has 1 aromatic rings. The molecule has 0 bridgehead atoms. The largest absolute Gasteiger partial charge is 0.381 e. The Labute approximate surface area is 94.0 Å². The minimum atomic E-state index is 0.142. The molecule has 0 saturated carbocycles. The van der Waals surface area contributed by atoms with E-state index in [4.69, 9.17) is 10.3 Å². The van der Waals surface area contributed by atoms with E-state index in [1.54, 1.807) is 13.0 Å². The fourth-order valence-corrected chi connectivity index (χ4v) is 1.84. The summed E-state index contributed by atoms with van der Waals surface area (Å²) in [6, 6.07) is 1.73. The summed E-state index contributed by atoms with van der Waals surface area (Å²) in [4.78, 5) is 15.2. The Morgan fingerprint density at radius 3 is 2.69 bits per heavy atom. The number of nitrogens with zero attached hydrogens (tertiary/aromatic N) is 3. The van der Waals surface area contributed by atoms with Crippen molar-refractivity contribution in [2.24, 2.45) is 0 Å². The average Bonchev–Trinajstić information content (AvgIpc) is 2.65. The second-order valence-electron chi connectivity index (χ2n) is 4.00. The number of nitrogens with two attached hydrogens (primary N) is 1. The molecule has 6 heteroatoms. The van der Waals surface area contributed by atoms with Crippen molar-refractivity contribution in [2.75, 3.05) is 31.9 Å². The molecule has 1 amide bonds. The van der Waals surface area contributed by atoms with Gasteiger partial charge in [-0.1, -0.05) is 5.16 Å². The van der Waals surface area contributed by atoms with Gasteiger partial charge >= 0.3 is 0 Å². The molecule has 2 N–H and O–H groups in total. The minimum absolute atomic E-state index is 0.142. The van der Waals surface area contributed by atoms with Crippen LogP contribution in [0.1, 0.15) is 12.7 Å². The van der Waals surface area contributed by atoms with Gasteiger partial charge in [-0.25, -0.2) is 0 Å².